The van der Waals surface area contributed by atoms with E-state index in [0.29, 0.717) is 18.8 Å². The summed E-state index contributed by atoms with van der Waals surface area (Å²) < 4.78 is 5.36. The smallest absolute Gasteiger partial charge is 0.407 e. The maximum absolute atomic E-state index is 12.1. The molecular weight excluding hydrogens is 368 g/mol. The zero-order chi connectivity index (χ0) is 21.2. The lowest BCUT2D eigenvalue weighted by atomic mass is 10.1. The SMILES string of the molecule is C=CC(=O)Cc1ccc2c(N3CC[C@@H](NC(=O)OC(C)(C)C)C3)nc(C)nc2c1. The molecular formula is C22H28N4O3. The zero-order valence-electron chi connectivity index (χ0n) is 17.5. The van der Waals surface area contributed by atoms with Crippen molar-refractivity contribution in [1.29, 1.82) is 0 Å². The van der Waals surface area contributed by atoms with Gasteiger partial charge in [0.15, 0.2) is 5.78 Å². The fraction of sp³-hybridized carbons (Fsp3) is 0.455. The van der Waals surface area contributed by atoms with Crippen LogP contribution in [0.1, 0.15) is 38.6 Å². The number of rotatable bonds is 5. The number of carbonyl (C=O) groups is 2. The van der Waals surface area contributed by atoms with E-state index in [-0.39, 0.29) is 11.8 Å². The quantitative estimate of drug-likeness (QED) is 0.781. The average Bonchev–Trinajstić information content (AvgIpc) is 3.07. The summed E-state index contributed by atoms with van der Waals surface area (Å²) in [5.74, 6) is 1.50. The zero-order valence-corrected chi connectivity index (χ0v) is 17.5. The summed E-state index contributed by atoms with van der Waals surface area (Å²) in [6.45, 7) is 12.4. The molecule has 0 radical (unpaired) electrons. The van der Waals surface area contributed by atoms with Crippen molar-refractivity contribution < 1.29 is 14.3 Å². The molecule has 0 saturated carbocycles. The monoisotopic (exact) mass is 396 g/mol. The molecule has 1 aromatic carbocycles. The molecule has 2 heterocycles. The molecule has 1 aromatic heterocycles. The van der Waals surface area contributed by atoms with Gasteiger partial charge in [0.1, 0.15) is 17.2 Å². The van der Waals surface area contributed by atoms with E-state index >= 15 is 0 Å². The molecule has 2 aromatic rings. The number of ether oxygens (including phenoxy) is 1. The van der Waals surface area contributed by atoms with Gasteiger partial charge in [-0.1, -0.05) is 12.6 Å². The Hall–Kier alpha value is -2.96. The molecule has 1 N–H and O–H groups in total. The van der Waals surface area contributed by atoms with Crippen molar-refractivity contribution in [2.45, 2.75) is 52.2 Å². The standard InChI is InChI=1S/C22H28N4O3/c1-6-17(27)11-15-7-8-18-19(12-15)23-14(2)24-20(18)26-10-9-16(13-26)25-21(28)29-22(3,4)5/h6-8,12,16H,1,9-11,13H2,2-5H3,(H,25,28)/t16-/m1/s1. The molecule has 0 unspecified atom stereocenters. The molecule has 0 spiro atoms. The second-order valence-electron chi connectivity index (χ2n) is 8.37. The number of aryl methyl sites for hydroxylation is 1. The minimum absolute atomic E-state index is 0.000317. The maximum Gasteiger partial charge on any atom is 0.407 e. The summed E-state index contributed by atoms with van der Waals surface area (Å²) >= 11 is 0. The summed E-state index contributed by atoms with van der Waals surface area (Å²) in [5.41, 5.74) is 1.19. The van der Waals surface area contributed by atoms with Gasteiger partial charge in [-0.3, -0.25) is 4.79 Å². The van der Waals surface area contributed by atoms with Crippen LogP contribution < -0.4 is 10.2 Å². The van der Waals surface area contributed by atoms with Crippen LogP contribution in [-0.4, -0.2) is 46.6 Å². The van der Waals surface area contributed by atoms with Gasteiger partial charge in [-0.2, -0.15) is 0 Å². The van der Waals surface area contributed by atoms with E-state index in [1.165, 1.54) is 6.08 Å². The van der Waals surface area contributed by atoms with Crippen LogP contribution in [0.3, 0.4) is 0 Å². The van der Waals surface area contributed by atoms with Crippen LogP contribution in [0.4, 0.5) is 10.6 Å². The fourth-order valence-corrected chi connectivity index (χ4v) is 3.44. The van der Waals surface area contributed by atoms with E-state index in [1.54, 1.807) is 0 Å². The third kappa shape index (κ3) is 5.31. The Morgan fingerprint density at radius 1 is 1.34 bits per heavy atom. The van der Waals surface area contributed by atoms with Crippen LogP contribution in [0.25, 0.3) is 10.9 Å². The number of fused-ring (bicyclic) bond motifs is 1. The van der Waals surface area contributed by atoms with E-state index in [0.717, 1.165) is 35.2 Å². The van der Waals surface area contributed by atoms with E-state index < -0.39 is 11.7 Å². The van der Waals surface area contributed by atoms with Crippen molar-refractivity contribution in [2.24, 2.45) is 0 Å². The van der Waals surface area contributed by atoms with Gasteiger partial charge in [-0.25, -0.2) is 14.8 Å². The van der Waals surface area contributed by atoms with Crippen molar-refractivity contribution in [2.75, 3.05) is 18.0 Å². The Labute approximate surface area is 171 Å². The second-order valence-corrected chi connectivity index (χ2v) is 8.37. The number of ketones is 1. The summed E-state index contributed by atoms with van der Waals surface area (Å²) in [6, 6.07) is 5.82. The van der Waals surface area contributed by atoms with Crippen molar-refractivity contribution in [3.8, 4) is 0 Å². The van der Waals surface area contributed by atoms with Gasteiger partial charge in [-0.15, -0.1) is 0 Å². The van der Waals surface area contributed by atoms with Crippen LogP contribution in [-0.2, 0) is 16.0 Å². The normalized spacial score (nSPS) is 16.7. The van der Waals surface area contributed by atoms with Crippen molar-refractivity contribution in [3.05, 3.63) is 42.2 Å². The largest absolute Gasteiger partial charge is 0.444 e. The third-order valence-corrected chi connectivity index (χ3v) is 4.67. The van der Waals surface area contributed by atoms with Crippen molar-refractivity contribution in [3.63, 3.8) is 0 Å². The number of hydrogen-bond donors (Lipinski definition) is 1. The number of nitrogens with one attached hydrogen (secondary N) is 1. The Kier molecular flexibility index (Phi) is 5.86. The predicted molar refractivity (Wildman–Crippen MR) is 113 cm³/mol. The molecule has 1 fully saturated rings. The number of carbonyl (C=O) groups excluding carboxylic acids is 2. The van der Waals surface area contributed by atoms with Crippen LogP contribution in [0.5, 0.6) is 0 Å². The summed E-state index contributed by atoms with van der Waals surface area (Å²) in [7, 11) is 0. The first kappa shape index (κ1) is 20.8. The highest BCUT2D eigenvalue weighted by atomic mass is 16.6. The first-order valence-corrected chi connectivity index (χ1v) is 9.81. The molecule has 3 rings (SSSR count). The Morgan fingerprint density at radius 2 is 2.10 bits per heavy atom. The van der Waals surface area contributed by atoms with Crippen LogP contribution in [0.15, 0.2) is 30.9 Å². The minimum atomic E-state index is -0.521. The molecule has 0 aliphatic carbocycles. The number of aromatic nitrogens is 2. The number of benzene rings is 1. The number of nitrogens with zero attached hydrogens (tertiary/aromatic N) is 3. The van der Waals surface area contributed by atoms with Gasteiger partial charge < -0.3 is 15.0 Å². The topological polar surface area (TPSA) is 84.4 Å². The molecule has 29 heavy (non-hydrogen) atoms. The van der Waals surface area contributed by atoms with Crippen LogP contribution >= 0.6 is 0 Å². The molecule has 1 aliphatic heterocycles. The lowest BCUT2D eigenvalue weighted by molar-refractivity contribution is -0.114. The number of alkyl carbamates (subject to hydrolysis) is 1. The summed E-state index contributed by atoms with van der Waals surface area (Å²) in [4.78, 5) is 35.1. The summed E-state index contributed by atoms with van der Waals surface area (Å²) in [5, 5.41) is 3.88. The molecule has 0 bridgehead atoms. The molecule has 7 heteroatoms. The number of allylic oxidation sites excluding steroid dienone is 1. The number of hydrogen-bond acceptors (Lipinski definition) is 6. The second kappa shape index (κ2) is 8.19. The van der Waals surface area contributed by atoms with Crippen LogP contribution in [0.2, 0.25) is 0 Å². The van der Waals surface area contributed by atoms with Gasteiger partial charge in [-0.05, 0) is 57.9 Å². The number of anilines is 1. The van der Waals surface area contributed by atoms with Crippen molar-refractivity contribution in [1.82, 2.24) is 15.3 Å². The highest BCUT2D eigenvalue weighted by molar-refractivity contribution is 5.93. The average molecular weight is 396 g/mol. The van der Waals surface area contributed by atoms with Crippen LogP contribution in [0, 0.1) is 6.92 Å². The maximum atomic E-state index is 12.1. The van der Waals surface area contributed by atoms with Gasteiger partial charge in [0, 0.05) is 24.9 Å². The first-order chi connectivity index (χ1) is 13.6. The molecule has 1 amide bonds. The van der Waals surface area contributed by atoms with E-state index in [2.05, 4.69) is 26.8 Å². The van der Waals surface area contributed by atoms with Gasteiger partial charge in [0.2, 0.25) is 0 Å². The van der Waals surface area contributed by atoms with Gasteiger partial charge >= 0.3 is 6.09 Å². The minimum Gasteiger partial charge on any atom is -0.444 e. The van der Waals surface area contributed by atoms with E-state index in [9.17, 15) is 9.59 Å². The molecule has 1 saturated heterocycles. The van der Waals surface area contributed by atoms with Gasteiger partial charge in [0.25, 0.3) is 0 Å². The molecule has 1 atom stereocenters. The highest BCUT2D eigenvalue weighted by Gasteiger charge is 2.28. The third-order valence-electron chi connectivity index (χ3n) is 4.67. The van der Waals surface area contributed by atoms with Gasteiger partial charge in [0.05, 0.1) is 11.6 Å². The fourth-order valence-electron chi connectivity index (χ4n) is 3.44. The molecule has 1 aliphatic rings. The lowest BCUT2D eigenvalue weighted by Crippen LogP contribution is -2.40. The first-order valence-electron chi connectivity index (χ1n) is 9.81. The predicted octanol–water partition coefficient (Wildman–Crippen LogP) is 3.34. The summed E-state index contributed by atoms with van der Waals surface area (Å²) in [6.07, 6.45) is 2.06. The van der Waals surface area contributed by atoms with E-state index in [1.807, 2.05) is 45.9 Å². The Morgan fingerprint density at radius 3 is 2.79 bits per heavy atom. The Bertz CT molecular complexity index is 949. The lowest BCUT2D eigenvalue weighted by Gasteiger charge is -2.22. The van der Waals surface area contributed by atoms with Crippen molar-refractivity contribution >= 4 is 28.6 Å². The number of amides is 1. The molecule has 154 valence electrons. The Balaban J connectivity index is 1.78. The van der Waals surface area contributed by atoms with E-state index in [4.69, 9.17) is 4.74 Å². The molecule has 7 nitrogen and oxygen atoms in total. The highest BCUT2D eigenvalue weighted by Crippen LogP contribution is 2.28.